The Kier molecular flexibility index (Phi) is 8.33. The second-order valence-electron chi connectivity index (χ2n) is 5.76. The first-order valence-electron chi connectivity index (χ1n) is 9.03. The van der Waals surface area contributed by atoms with Crippen LogP contribution in [0.5, 0.6) is 5.75 Å². The third-order valence-electron chi connectivity index (χ3n) is 3.84. The van der Waals surface area contributed by atoms with Gasteiger partial charge in [0.2, 0.25) is 0 Å². The van der Waals surface area contributed by atoms with Gasteiger partial charge < -0.3 is 9.26 Å². The summed E-state index contributed by atoms with van der Waals surface area (Å²) in [6.07, 6.45) is 0.169. The van der Waals surface area contributed by atoms with Gasteiger partial charge in [-0.1, -0.05) is 62.4 Å². The molecule has 1 unspecified atom stereocenters. The fourth-order valence-electron chi connectivity index (χ4n) is 2.53. The van der Waals surface area contributed by atoms with Crippen molar-refractivity contribution in [3.63, 3.8) is 0 Å². The van der Waals surface area contributed by atoms with Crippen LogP contribution < -0.4 is 4.74 Å². The van der Waals surface area contributed by atoms with Gasteiger partial charge in [-0.05, 0) is 18.6 Å². The van der Waals surface area contributed by atoms with E-state index in [4.69, 9.17) is 13.9 Å². The second kappa shape index (κ2) is 10.5. The van der Waals surface area contributed by atoms with Gasteiger partial charge >= 0.3 is 7.60 Å². The summed E-state index contributed by atoms with van der Waals surface area (Å²) in [7, 11) is -3.31. The van der Waals surface area contributed by atoms with Crippen LogP contribution in [-0.4, -0.2) is 24.8 Å². The van der Waals surface area contributed by atoms with Crippen molar-refractivity contribution in [3.05, 3.63) is 65.7 Å². The number of rotatable bonds is 11. The highest BCUT2D eigenvalue weighted by molar-refractivity contribution is 7.52. The number of hydrogen-bond acceptors (Lipinski definition) is 5. The van der Waals surface area contributed by atoms with E-state index in [-0.39, 0.29) is 6.16 Å². The molecule has 2 aromatic carbocycles. The highest BCUT2D eigenvalue weighted by Crippen LogP contribution is 2.53. The molecule has 26 heavy (non-hydrogen) atoms. The predicted molar refractivity (Wildman–Crippen MR) is 104 cm³/mol. The van der Waals surface area contributed by atoms with Crippen molar-refractivity contribution in [1.82, 2.24) is 5.06 Å². The Morgan fingerprint density at radius 2 is 1.58 bits per heavy atom. The van der Waals surface area contributed by atoms with Crippen molar-refractivity contribution in [3.8, 4) is 5.75 Å². The van der Waals surface area contributed by atoms with Crippen LogP contribution >= 0.6 is 7.60 Å². The summed E-state index contributed by atoms with van der Waals surface area (Å²) >= 11 is 0. The molecule has 2 rings (SSSR count). The zero-order valence-electron chi connectivity index (χ0n) is 15.8. The zero-order chi connectivity index (χ0) is 18.8. The normalized spacial score (nSPS) is 13.5. The van der Waals surface area contributed by atoms with Gasteiger partial charge in [-0.15, -0.1) is 0 Å². The molecule has 2 aromatic rings. The molecule has 0 radical (unpaired) electrons. The maximum atomic E-state index is 13.2. The zero-order valence-corrected chi connectivity index (χ0v) is 16.7. The van der Waals surface area contributed by atoms with Gasteiger partial charge in [0.1, 0.15) is 12.4 Å². The monoisotopic (exact) mass is 377 g/mol. The molecule has 0 N–H and O–H groups in total. The van der Waals surface area contributed by atoms with E-state index in [0.717, 1.165) is 11.1 Å². The minimum Gasteiger partial charge on any atom is -0.489 e. The minimum atomic E-state index is -3.31. The Hall–Kier alpha value is -1.65. The number of benzene rings is 2. The molecule has 0 aliphatic rings. The molecule has 0 heterocycles. The minimum absolute atomic E-state index is 0.169. The van der Waals surface area contributed by atoms with Crippen LogP contribution in [0.25, 0.3) is 0 Å². The number of hydroxylamine groups is 2. The Bertz CT molecular complexity index is 704. The van der Waals surface area contributed by atoms with E-state index in [1.54, 1.807) is 5.06 Å². The Balaban J connectivity index is 2.14. The lowest BCUT2D eigenvalue weighted by Crippen LogP contribution is -2.23. The highest BCUT2D eigenvalue weighted by atomic mass is 31.2. The van der Waals surface area contributed by atoms with Gasteiger partial charge in [0.05, 0.1) is 12.8 Å². The summed E-state index contributed by atoms with van der Waals surface area (Å²) in [6.45, 7) is 7.78. The van der Waals surface area contributed by atoms with Crippen molar-refractivity contribution in [2.45, 2.75) is 33.5 Å². The Morgan fingerprint density at radius 3 is 2.23 bits per heavy atom. The van der Waals surface area contributed by atoms with Crippen molar-refractivity contribution >= 4 is 7.60 Å². The van der Waals surface area contributed by atoms with Crippen LogP contribution in [0.15, 0.2) is 54.6 Å². The molecule has 0 saturated heterocycles. The molecule has 6 heteroatoms. The third kappa shape index (κ3) is 6.26. The Morgan fingerprint density at radius 1 is 0.923 bits per heavy atom. The van der Waals surface area contributed by atoms with Crippen LogP contribution in [0.4, 0.5) is 0 Å². The fourth-order valence-corrected chi connectivity index (χ4v) is 4.38. The predicted octanol–water partition coefficient (Wildman–Crippen LogP) is 5.27. The summed E-state index contributed by atoms with van der Waals surface area (Å²) in [4.78, 5) is 0. The summed E-state index contributed by atoms with van der Waals surface area (Å²) in [6, 6.07) is 17.5. The molecule has 0 saturated carbocycles. The summed E-state index contributed by atoms with van der Waals surface area (Å²) in [5, 5.41) is 1.66. The molecular formula is C20H28NO4P. The SMILES string of the molecule is CCOP(=O)(Cc1ccccc1OCc1ccccc1)ON(CC)CC. The van der Waals surface area contributed by atoms with E-state index in [0.29, 0.717) is 32.1 Å². The lowest BCUT2D eigenvalue weighted by Gasteiger charge is -2.25. The topological polar surface area (TPSA) is 48.0 Å². The number of para-hydroxylation sites is 1. The summed E-state index contributed by atoms with van der Waals surface area (Å²) < 4.78 is 30.4. The highest BCUT2D eigenvalue weighted by Gasteiger charge is 2.29. The van der Waals surface area contributed by atoms with E-state index in [1.165, 1.54) is 0 Å². The maximum Gasteiger partial charge on any atom is 0.351 e. The summed E-state index contributed by atoms with van der Waals surface area (Å²) in [5.41, 5.74) is 1.89. The number of hydrogen-bond donors (Lipinski definition) is 0. The lowest BCUT2D eigenvalue weighted by atomic mass is 10.2. The maximum absolute atomic E-state index is 13.2. The van der Waals surface area contributed by atoms with Gasteiger partial charge in [-0.3, -0.25) is 4.57 Å². The molecule has 5 nitrogen and oxygen atoms in total. The first-order valence-corrected chi connectivity index (χ1v) is 10.8. The molecule has 0 bridgehead atoms. The van der Waals surface area contributed by atoms with Crippen LogP contribution in [0.1, 0.15) is 31.9 Å². The van der Waals surface area contributed by atoms with Crippen LogP contribution in [0.3, 0.4) is 0 Å². The standard InChI is InChI=1S/C20H28NO4P/c1-4-21(5-2)25-26(22,24-6-3)17-19-14-10-11-15-20(19)23-16-18-12-8-7-9-13-18/h7-15H,4-6,16-17H2,1-3H3. The van der Waals surface area contributed by atoms with Gasteiger partial charge in [-0.25, -0.2) is 4.62 Å². The quantitative estimate of drug-likeness (QED) is 0.394. The molecule has 142 valence electrons. The van der Waals surface area contributed by atoms with Crippen molar-refractivity contribution in [1.29, 1.82) is 0 Å². The van der Waals surface area contributed by atoms with Crippen molar-refractivity contribution in [2.24, 2.45) is 0 Å². The average Bonchev–Trinajstić information content (AvgIpc) is 2.66. The largest absolute Gasteiger partial charge is 0.489 e. The fraction of sp³-hybridized carbons (Fsp3) is 0.400. The third-order valence-corrected chi connectivity index (χ3v) is 5.70. The number of ether oxygens (including phenoxy) is 1. The van der Waals surface area contributed by atoms with E-state index in [2.05, 4.69) is 0 Å². The molecule has 0 aromatic heterocycles. The Labute approximate surface area is 156 Å². The van der Waals surface area contributed by atoms with Gasteiger partial charge in [0, 0.05) is 18.7 Å². The average molecular weight is 377 g/mol. The van der Waals surface area contributed by atoms with Crippen molar-refractivity contribution < 1.29 is 18.5 Å². The van der Waals surface area contributed by atoms with Gasteiger partial charge in [-0.2, -0.15) is 5.06 Å². The summed E-state index contributed by atoms with van der Waals surface area (Å²) in [5.74, 6) is 0.694. The van der Waals surface area contributed by atoms with E-state index >= 15 is 0 Å². The smallest absolute Gasteiger partial charge is 0.351 e. The molecule has 0 aliphatic carbocycles. The first kappa shape index (κ1) is 20.7. The van der Waals surface area contributed by atoms with Crippen LogP contribution in [0.2, 0.25) is 0 Å². The molecular weight excluding hydrogens is 349 g/mol. The molecule has 0 amide bonds. The molecule has 0 aliphatic heterocycles. The van der Waals surface area contributed by atoms with Gasteiger partial charge in [0.15, 0.2) is 0 Å². The molecule has 0 fully saturated rings. The lowest BCUT2D eigenvalue weighted by molar-refractivity contribution is -0.0627. The van der Waals surface area contributed by atoms with Crippen LogP contribution in [-0.2, 0) is 26.5 Å². The molecule has 0 spiro atoms. The first-order chi connectivity index (χ1) is 12.6. The number of nitrogens with zero attached hydrogens (tertiary/aromatic N) is 1. The molecule has 1 atom stereocenters. The van der Waals surface area contributed by atoms with E-state index in [1.807, 2.05) is 75.4 Å². The van der Waals surface area contributed by atoms with Gasteiger partial charge in [0.25, 0.3) is 0 Å². The van der Waals surface area contributed by atoms with E-state index < -0.39 is 7.60 Å². The van der Waals surface area contributed by atoms with Crippen LogP contribution in [0, 0.1) is 0 Å². The van der Waals surface area contributed by atoms with Crippen molar-refractivity contribution in [2.75, 3.05) is 19.7 Å². The second-order valence-corrected chi connectivity index (χ2v) is 7.72. The van der Waals surface area contributed by atoms with E-state index in [9.17, 15) is 4.57 Å².